The summed E-state index contributed by atoms with van der Waals surface area (Å²) >= 11 is 0. The number of unbranched alkanes of at least 4 members (excludes halogenated alkanes) is 39. The maximum atomic E-state index is 12.9. The molecule has 0 bridgehead atoms. The first-order valence-electron chi connectivity index (χ1n) is 29.3. The second-order valence-corrected chi connectivity index (χ2v) is 20.5. The highest BCUT2D eigenvalue weighted by Crippen LogP contribution is 2.23. The topological polar surface area (TPSA) is 135 Å². The maximum Gasteiger partial charge on any atom is 0.306 e. The number of esters is 1. The van der Waals surface area contributed by atoms with Gasteiger partial charge in [-0.3, -0.25) is 4.79 Å². The Kier molecular flexibility index (Phi) is 47.6. The van der Waals surface area contributed by atoms with Gasteiger partial charge >= 0.3 is 5.97 Å². The molecule has 4 N–H and O–H groups in total. The third-order valence-electron chi connectivity index (χ3n) is 13.9. The van der Waals surface area contributed by atoms with Gasteiger partial charge in [0.15, 0.2) is 6.29 Å². The van der Waals surface area contributed by atoms with Crippen molar-refractivity contribution in [3.63, 3.8) is 0 Å². The Morgan fingerprint density at radius 1 is 0.463 bits per heavy atom. The second-order valence-electron chi connectivity index (χ2n) is 20.5. The molecule has 0 amide bonds. The monoisotopic (exact) mass is 953 g/mol. The lowest BCUT2D eigenvalue weighted by atomic mass is 9.99. The first kappa shape index (κ1) is 63.9. The van der Waals surface area contributed by atoms with Crippen molar-refractivity contribution in [2.75, 3.05) is 26.4 Å². The highest BCUT2D eigenvalue weighted by Gasteiger charge is 2.44. The van der Waals surface area contributed by atoms with Crippen LogP contribution in [-0.2, 0) is 23.7 Å². The highest BCUT2D eigenvalue weighted by molar-refractivity contribution is 5.69. The first-order chi connectivity index (χ1) is 32.9. The number of carbonyl (C=O) groups excluding carboxylic acids is 1. The number of rotatable bonds is 52. The van der Waals surface area contributed by atoms with Gasteiger partial charge < -0.3 is 39.4 Å². The quantitative estimate of drug-likeness (QED) is 0.0267. The molecule has 1 aliphatic heterocycles. The van der Waals surface area contributed by atoms with Crippen LogP contribution in [0, 0.1) is 0 Å². The van der Waals surface area contributed by atoms with Crippen molar-refractivity contribution in [3.8, 4) is 0 Å². The summed E-state index contributed by atoms with van der Waals surface area (Å²) in [7, 11) is 0. The predicted molar refractivity (Wildman–Crippen MR) is 279 cm³/mol. The molecule has 6 atom stereocenters. The molecule has 1 aliphatic rings. The van der Waals surface area contributed by atoms with Crippen LogP contribution in [0.4, 0.5) is 0 Å². The van der Waals surface area contributed by atoms with Crippen molar-refractivity contribution in [2.45, 2.75) is 327 Å². The van der Waals surface area contributed by atoms with Crippen molar-refractivity contribution in [1.29, 1.82) is 0 Å². The van der Waals surface area contributed by atoms with Gasteiger partial charge in [0.25, 0.3) is 0 Å². The van der Waals surface area contributed by atoms with Crippen molar-refractivity contribution in [1.82, 2.24) is 0 Å². The number of aliphatic hydroxyl groups excluding tert-OH is 4. The number of ether oxygens (including phenoxy) is 4. The average molecular weight is 954 g/mol. The molecule has 0 aliphatic carbocycles. The Balaban J connectivity index is 2.13. The van der Waals surface area contributed by atoms with Crippen molar-refractivity contribution < 1.29 is 44.2 Å². The minimum atomic E-state index is -1.53. The van der Waals surface area contributed by atoms with Gasteiger partial charge in [0.05, 0.1) is 19.8 Å². The lowest BCUT2D eigenvalue weighted by molar-refractivity contribution is -0.305. The number of carbonyl (C=O) groups is 1. The van der Waals surface area contributed by atoms with Crippen LogP contribution < -0.4 is 0 Å². The van der Waals surface area contributed by atoms with E-state index in [9.17, 15) is 25.2 Å². The first-order valence-corrected chi connectivity index (χ1v) is 29.3. The number of allylic oxidation sites excluding steroid dienone is 2. The van der Waals surface area contributed by atoms with E-state index >= 15 is 0 Å². The van der Waals surface area contributed by atoms with Crippen LogP contribution >= 0.6 is 0 Å². The van der Waals surface area contributed by atoms with E-state index in [1.54, 1.807) is 0 Å². The molecule has 0 aromatic heterocycles. The third-order valence-corrected chi connectivity index (χ3v) is 13.9. The molecule has 6 unspecified atom stereocenters. The molecule has 0 saturated carbocycles. The molecule has 9 nitrogen and oxygen atoms in total. The minimum Gasteiger partial charge on any atom is -0.457 e. The van der Waals surface area contributed by atoms with Crippen LogP contribution in [0.3, 0.4) is 0 Å². The van der Waals surface area contributed by atoms with Crippen molar-refractivity contribution in [2.24, 2.45) is 0 Å². The number of hydrogen-bond acceptors (Lipinski definition) is 9. The standard InChI is InChI=1S/C58H112O9/c1-3-5-7-9-11-13-15-17-19-21-23-25-26-27-28-30-32-34-36-38-40-42-44-46-48-64-50-52(51-65-58-57(63)56(62)55(61)53(49-59)67-58)66-54(60)47-45-43-41-39-37-35-33-31-29-24-22-20-18-16-14-12-10-8-6-4-2/h21,23,52-53,55-59,61-63H,3-20,22,24-51H2,1-2H3/b23-21-. The maximum absolute atomic E-state index is 12.9. The molecule has 0 radical (unpaired) electrons. The van der Waals surface area contributed by atoms with E-state index in [0.29, 0.717) is 13.0 Å². The summed E-state index contributed by atoms with van der Waals surface area (Å²) < 4.78 is 23.0. The van der Waals surface area contributed by atoms with Crippen LogP contribution in [0.5, 0.6) is 0 Å². The fourth-order valence-electron chi connectivity index (χ4n) is 9.37. The fraction of sp³-hybridized carbons (Fsp3) is 0.948. The van der Waals surface area contributed by atoms with E-state index in [1.165, 1.54) is 238 Å². The zero-order chi connectivity index (χ0) is 48.5. The second kappa shape index (κ2) is 49.9. The van der Waals surface area contributed by atoms with E-state index < -0.39 is 43.4 Å². The lowest BCUT2D eigenvalue weighted by Gasteiger charge is -2.39. The molecule has 0 spiro atoms. The van der Waals surface area contributed by atoms with Crippen LogP contribution in [0.1, 0.15) is 290 Å². The average Bonchev–Trinajstić information content (AvgIpc) is 3.33. The normalized spacial score (nSPS) is 19.2. The zero-order valence-corrected chi connectivity index (χ0v) is 44.2. The summed E-state index contributed by atoms with van der Waals surface area (Å²) in [5.41, 5.74) is 0. The van der Waals surface area contributed by atoms with E-state index in [1.807, 2.05) is 0 Å². The lowest BCUT2D eigenvalue weighted by Crippen LogP contribution is -2.59. The van der Waals surface area contributed by atoms with Gasteiger partial charge in [-0.2, -0.15) is 0 Å². The Morgan fingerprint density at radius 3 is 1.21 bits per heavy atom. The van der Waals surface area contributed by atoms with Crippen molar-refractivity contribution in [3.05, 3.63) is 12.2 Å². The third kappa shape index (κ3) is 40.2. The van der Waals surface area contributed by atoms with Crippen LogP contribution in [0.25, 0.3) is 0 Å². The van der Waals surface area contributed by atoms with Gasteiger partial charge in [-0.05, 0) is 38.5 Å². The van der Waals surface area contributed by atoms with E-state index in [2.05, 4.69) is 26.0 Å². The molecule has 9 heteroatoms. The molecule has 398 valence electrons. The highest BCUT2D eigenvalue weighted by atomic mass is 16.7. The van der Waals surface area contributed by atoms with Gasteiger partial charge in [0, 0.05) is 13.0 Å². The van der Waals surface area contributed by atoms with E-state index in [4.69, 9.17) is 18.9 Å². The summed E-state index contributed by atoms with van der Waals surface area (Å²) in [6.07, 6.45) is 52.6. The van der Waals surface area contributed by atoms with Gasteiger partial charge in [-0.15, -0.1) is 0 Å². The van der Waals surface area contributed by atoms with E-state index in [-0.39, 0.29) is 19.2 Å². The molecular weight excluding hydrogens is 841 g/mol. The molecule has 0 aromatic rings. The molecular formula is C58H112O9. The largest absolute Gasteiger partial charge is 0.457 e. The van der Waals surface area contributed by atoms with Gasteiger partial charge in [0.1, 0.15) is 30.5 Å². The Bertz CT molecular complexity index is 1040. The minimum absolute atomic E-state index is 0.107. The summed E-state index contributed by atoms with van der Waals surface area (Å²) in [6.45, 7) is 4.63. The summed E-state index contributed by atoms with van der Waals surface area (Å²) in [5.74, 6) is -0.305. The molecule has 1 saturated heterocycles. The Morgan fingerprint density at radius 2 is 0.821 bits per heavy atom. The predicted octanol–water partition coefficient (Wildman–Crippen LogP) is 15.1. The Labute approximate surface area is 414 Å². The fourth-order valence-corrected chi connectivity index (χ4v) is 9.37. The summed E-state index contributed by atoms with van der Waals surface area (Å²) in [6, 6.07) is 0. The number of hydrogen-bond donors (Lipinski definition) is 4. The van der Waals surface area contributed by atoms with E-state index in [0.717, 1.165) is 32.1 Å². The molecule has 67 heavy (non-hydrogen) atoms. The molecule has 0 aromatic carbocycles. The van der Waals surface area contributed by atoms with Gasteiger partial charge in [-0.25, -0.2) is 0 Å². The summed E-state index contributed by atoms with van der Waals surface area (Å²) in [4.78, 5) is 12.9. The van der Waals surface area contributed by atoms with Crippen LogP contribution in [0.2, 0.25) is 0 Å². The Hall–Kier alpha value is -1.07. The van der Waals surface area contributed by atoms with Gasteiger partial charge in [-0.1, -0.05) is 257 Å². The van der Waals surface area contributed by atoms with Crippen molar-refractivity contribution >= 4 is 5.97 Å². The smallest absolute Gasteiger partial charge is 0.306 e. The van der Waals surface area contributed by atoms with Crippen LogP contribution in [-0.4, -0.2) is 89.6 Å². The van der Waals surface area contributed by atoms with Gasteiger partial charge in [0.2, 0.25) is 0 Å². The molecule has 1 rings (SSSR count). The van der Waals surface area contributed by atoms with Crippen LogP contribution in [0.15, 0.2) is 12.2 Å². The summed E-state index contributed by atoms with van der Waals surface area (Å²) in [5, 5.41) is 40.3. The number of aliphatic hydroxyl groups is 4. The molecule has 1 heterocycles. The molecule has 1 fully saturated rings. The zero-order valence-electron chi connectivity index (χ0n) is 44.2. The SMILES string of the molecule is CCCCCCCCCC/C=C\CCCCCCCCCCCCCCOCC(COC1OC(CO)C(O)C(O)C1O)OC(=O)CCCCCCCCCCCCCCCCCCCCCC.